The smallest absolute Gasteiger partial charge is 0.0316 e. The van der Waals surface area contributed by atoms with Gasteiger partial charge in [0.15, 0.2) is 0 Å². The Morgan fingerprint density at radius 3 is 1.92 bits per heavy atom. The molecule has 0 heteroatoms. The van der Waals surface area contributed by atoms with E-state index >= 15 is 0 Å². The van der Waals surface area contributed by atoms with Gasteiger partial charge in [0.2, 0.25) is 0 Å². The third-order valence-electron chi connectivity index (χ3n) is 1.90. The molecule has 0 atom stereocenters. The summed E-state index contributed by atoms with van der Waals surface area (Å²) >= 11 is 0. The summed E-state index contributed by atoms with van der Waals surface area (Å²) < 4.78 is 0. The fraction of sp³-hybridized carbons (Fsp3) is 0.692. The molecule has 0 saturated carbocycles. The zero-order valence-electron chi connectivity index (χ0n) is 9.42. The monoisotopic (exact) mass is 180 g/mol. The second-order valence-electron chi connectivity index (χ2n) is 3.94. The summed E-state index contributed by atoms with van der Waals surface area (Å²) in [6, 6.07) is 0. The Balaban J connectivity index is 3.19. The number of unbranched alkanes of at least 4 members (excludes halogenated alkanes) is 2. The lowest BCUT2D eigenvalue weighted by molar-refractivity contribution is 0.662. The van der Waals surface area contributed by atoms with E-state index in [9.17, 15) is 0 Å². The lowest BCUT2D eigenvalue weighted by Crippen LogP contribution is -1.80. The van der Waals surface area contributed by atoms with E-state index in [4.69, 9.17) is 0 Å². The van der Waals surface area contributed by atoms with Crippen LogP contribution in [0.15, 0.2) is 24.3 Å². The Hall–Kier alpha value is -0.520. The summed E-state index contributed by atoms with van der Waals surface area (Å²) in [5.41, 5.74) is 0. The molecule has 0 radical (unpaired) electrons. The topological polar surface area (TPSA) is 0 Å². The van der Waals surface area contributed by atoms with Crippen molar-refractivity contribution in [2.24, 2.45) is 5.92 Å². The second kappa shape index (κ2) is 9.57. The van der Waals surface area contributed by atoms with Gasteiger partial charge in [-0.05, 0) is 31.6 Å². The third-order valence-corrected chi connectivity index (χ3v) is 1.90. The SMILES string of the molecule is CCC/C=C/CC/C=C/CC(C)C. The maximum Gasteiger partial charge on any atom is -0.0316 e. The fourth-order valence-electron chi connectivity index (χ4n) is 1.08. The molecule has 0 aromatic heterocycles. The lowest BCUT2D eigenvalue weighted by atomic mass is 10.1. The first-order valence-corrected chi connectivity index (χ1v) is 5.57. The van der Waals surface area contributed by atoms with Crippen molar-refractivity contribution in [3.63, 3.8) is 0 Å². The molecule has 0 aromatic carbocycles. The average Bonchev–Trinajstić information content (AvgIpc) is 2.09. The van der Waals surface area contributed by atoms with Gasteiger partial charge in [-0.25, -0.2) is 0 Å². The molecule has 0 aliphatic rings. The third kappa shape index (κ3) is 11.5. The summed E-state index contributed by atoms with van der Waals surface area (Å²) in [6.45, 7) is 6.73. The zero-order chi connectivity index (χ0) is 9.94. The van der Waals surface area contributed by atoms with Crippen molar-refractivity contribution < 1.29 is 0 Å². The van der Waals surface area contributed by atoms with Crippen molar-refractivity contribution in [1.29, 1.82) is 0 Å². The summed E-state index contributed by atoms with van der Waals surface area (Å²) in [5, 5.41) is 0. The standard InChI is InChI=1S/C13H24/c1-4-5-6-7-8-9-10-11-12-13(2)3/h6-7,10-11,13H,4-5,8-9,12H2,1-3H3/b7-6+,11-10+. The maximum atomic E-state index is 2.30. The van der Waals surface area contributed by atoms with E-state index in [0.717, 1.165) is 5.92 Å². The molecular formula is C13H24. The summed E-state index contributed by atoms with van der Waals surface area (Å²) in [5.74, 6) is 0.798. The minimum Gasteiger partial charge on any atom is -0.0885 e. The summed E-state index contributed by atoms with van der Waals surface area (Å²) in [4.78, 5) is 0. The quantitative estimate of drug-likeness (QED) is 0.392. The Kier molecular flexibility index (Phi) is 9.18. The first kappa shape index (κ1) is 12.5. The van der Waals surface area contributed by atoms with Crippen LogP contribution in [0.3, 0.4) is 0 Å². The van der Waals surface area contributed by atoms with Crippen LogP contribution in [-0.4, -0.2) is 0 Å². The van der Waals surface area contributed by atoms with E-state index in [1.54, 1.807) is 0 Å². The number of hydrogen-bond donors (Lipinski definition) is 0. The Morgan fingerprint density at radius 1 is 0.846 bits per heavy atom. The Bertz CT molecular complexity index is 140. The average molecular weight is 180 g/mol. The van der Waals surface area contributed by atoms with E-state index < -0.39 is 0 Å². The predicted octanol–water partition coefficient (Wildman–Crippen LogP) is 4.73. The minimum atomic E-state index is 0.798. The van der Waals surface area contributed by atoms with Crippen molar-refractivity contribution in [1.82, 2.24) is 0 Å². The molecule has 0 spiro atoms. The van der Waals surface area contributed by atoms with Crippen LogP contribution >= 0.6 is 0 Å². The molecule has 0 amide bonds. The van der Waals surface area contributed by atoms with Gasteiger partial charge in [0.05, 0.1) is 0 Å². The first-order valence-electron chi connectivity index (χ1n) is 5.57. The molecule has 0 aliphatic carbocycles. The van der Waals surface area contributed by atoms with Crippen molar-refractivity contribution >= 4 is 0 Å². The Morgan fingerprint density at radius 2 is 1.38 bits per heavy atom. The molecule has 0 nitrogen and oxygen atoms in total. The number of rotatable bonds is 7. The molecule has 0 bridgehead atoms. The van der Waals surface area contributed by atoms with Gasteiger partial charge in [-0.1, -0.05) is 51.5 Å². The van der Waals surface area contributed by atoms with Crippen LogP contribution in [0.2, 0.25) is 0 Å². The van der Waals surface area contributed by atoms with E-state index in [1.807, 2.05) is 0 Å². The van der Waals surface area contributed by atoms with Crippen LogP contribution in [0.5, 0.6) is 0 Å². The Labute approximate surface area is 83.7 Å². The van der Waals surface area contributed by atoms with Crippen molar-refractivity contribution in [3.05, 3.63) is 24.3 Å². The highest BCUT2D eigenvalue weighted by atomic mass is 13.9. The highest BCUT2D eigenvalue weighted by Gasteiger charge is 1.86. The molecule has 0 saturated heterocycles. The van der Waals surface area contributed by atoms with Gasteiger partial charge in [-0.15, -0.1) is 0 Å². The molecule has 0 fully saturated rings. The summed E-state index contributed by atoms with van der Waals surface area (Å²) in [6.07, 6.45) is 15.3. The van der Waals surface area contributed by atoms with Crippen LogP contribution in [0.4, 0.5) is 0 Å². The number of hydrogen-bond acceptors (Lipinski definition) is 0. The van der Waals surface area contributed by atoms with Crippen LogP contribution in [0.25, 0.3) is 0 Å². The lowest BCUT2D eigenvalue weighted by Gasteiger charge is -1.95. The first-order chi connectivity index (χ1) is 6.27. The molecule has 0 unspecified atom stereocenters. The van der Waals surface area contributed by atoms with Gasteiger partial charge in [-0.3, -0.25) is 0 Å². The predicted molar refractivity (Wildman–Crippen MR) is 61.9 cm³/mol. The van der Waals surface area contributed by atoms with Crippen molar-refractivity contribution in [2.75, 3.05) is 0 Å². The number of allylic oxidation sites excluding steroid dienone is 4. The molecule has 76 valence electrons. The van der Waals surface area contributed by atoms with Crippen LogP contribution in [0, 0.1) is 5.92 Å². The van der Waals surface area contributed by atoms with Crippen LogP contribution < -0.4 is 0 Å². The normalized spacial score (nSPS) is 12.3. The van der Waals surface area contributed by atoms with Gasteiger partial charge in [0, 0.05) is 0 Å². The van der Waals surface area contributed by atoms with E-state index in [1.165, 1.54) is 32.1 Å². The highest BCUT2D eigenvalue weighted by Crippen LogP contribution is 2.02. The molecule has 13 heavy (non-hydrogen) atoms. The van der Waals surface area contributed by atoms with Gasteiger partial charge >= 0.3 is 0 Å². The molecule has 0 aromatic rings. The van der Waals surface area contributed by atoms with E-state index in [2.05, 4.69) is 45.1 Å². The van der Waals surface area contributed by atoms with Crippen molar-refractivity contribution in [2.45, 2.75) is 52.9 Å². The zero-order valence-corrected chi connectivity index (χ0v) is 9.42. The van der Waals surface area contributed by atoms with Crippen LogP contribution in [0.1, 0.15) is 52.9 Å². The minimum absolute atomic E-state index is 0.798. The van der Waals surface area contributed by atoms with Gasteiger partial charge in [-0.2, -0.15) is 0 Å². The van der Waals surface area contributed by atoms with Gasteiger partial charge < -0.3 is 0 Å². The molecule has 0 N–H and O–H groups in total. The highest BCUT2D eigenvalue weighted by molar-refractivity contribution is 4.88. The van der Waals surface area contributed by atoms with E-state index in [-0.39, 0.29) is 0 Å². The second-order valence-corrected chi connectivity index (χ2v) is 3.94. The molecule has 0 heterocycles. The van der Waals surface area contributed by atoms with Gasteiger partial charge in [0.1, 0.15) is 0 Å². The molecule has 0 rings (SSSR count). The van der Waals surface area contributed by atoms with Crippen molar-refractivity contribution in [3.8, 4) is 0 Å². The largest absolute Gasteiger partial charge is 0.0885 e. The van der Waals surface area contributed by atoms with Gasteiger partial charge in [0.25, 0.3) is 0 Å². The molecular weight excluding hydrogens is 156 g/mol. The summed E-state index contributed by atoms with van der Waals surface area (Å²) in [7, 11) is 0. The fourth-order valence-corrected chi connectivity index (χ4v) is 1.08. The van der Waals surface area contributed by atoms with Crippen LogP contribution in [-0.2, 0) is 0 Å². The maximum absolute atomic E-state index is 2.30. The molecule has 0 aliphatic heterocycles. The van der Waals surface area contributed by atoms with E-state index in [0.29, 0.717) is 0 Å².